The molecule has 0 saturated heterocycles. The second kappa shape index (κ2) is 8.87. The first-order valence-corrected chi connectivity index (χ1v) is 7.25. The van der Waals surface area contributed by atoms with Crippen LogP contribution in [0.4, 0.5) is 0 Å². The highest BCUT2D eigenvalue weighted by Gasteiger charge is 2.05. The van der Waals surface area contributed by atoms with Crippen LogP contribution in [0, 0.1) is 11.8 Å². The number of aliphatic hydroxyl groups is 2. The Kier molecular flexibility index (Phi) is 7.42. The van der Waals surface area contributed by atoms with E-state index < -0.39 is 0 Å². The molecule has 0 aromatic heterocycles. The van der Waals surface area contributed by atoms with Gasteiger partial charge in [-0.2, -0.15) is 11.8 Å². The van der Waals surface area contributed by atoms with Crippen LogP contribution in [0.1, 0.15) is 24.5 Å². The molecule has 4 heteroatoms. The molecule has 0 aliphatic carbocycles. The summed E-state index contributed by atoms with van der Waals surface area (Å²) in [6.45, 7) is 2.18. The fourth-order valence-electron chi connectivity index (χ4n) is 1.58. The Bertz CT molecular complexity index is 448. The molecule has 3 nitrogen and oxygen atoms in total. The molecule has 0 spiro atoms. The molecule has 104 valence electrons. The number of hydrogen-bond donors (Lipinski definition) is 2. The van der Waals surface area contributed by atoms with Crippen LogP contribution < -0.4 is 4.74 Å². The summed E-state index contributed by atoms with van der Waals surface area (Å²) >= 11 is 1.80. The molecule has 0 fully saturated rings. The third-order valence-corrected chi connectivity index (χ3v) is 3.94. The topological polar surface area (TPSA) is 49.7 Å². The summed E-state index contributed by atoms with van der Waals surface area (Å²) in [5.74, 6) is 7.12. The summed E-state index contributed by atoms with van der Waals surface area (Å²) in [7, 11) is 1.61. The van der Waals surface area contributed by atoms with Crippen LogP contribution in [0.15, 0.2) is 18.2 Å². The van der Waals surface area contributed by atoms with Crippen LogP contribution >= 0.6 is 11.8 Å². The Morgan fingerprint density at radius 3 is 2.79 bits per heavy atom. The lowest BCUT2D eigenvalue weighted by Crippen LogP contribution is -2.00. The Hall–Kier alpha value is -1.15. The minimum atomic E-state index is -0.157. The van der Waals surface area contributed by atoms with E-state index in [0.717, 1.165) is 29.1 Å². The number of rotatable bonds is 6. The second-order valence-corrected chi connectivity index (χ2v) is 5.56. The monoisotopic (exact) mass is 280 g/mol. The fraction of sp³-hybridized carbons (Fsp3) is 0.467. The fourth-order valence-corrected chi connectivity index (χ4v) is 2.51. The lowest BCUT2D eigenvalue weighted by molar-refractivity contribution is 0.289. The van der Waals surface area contributed by atoms with Crippen LogP contribution in [-0.2, 0) is 5.75 Å². The molecule has 19 heavy (non-hydrogen) atoms. The van der Waals surface area contributed by atoms with Crippen molar-refractivity contribution in [2.45, 2.75) is 24.3 Å². The minimum Gasteiger partial charge on any atom is -0.495 e. The van der Waals surface area contributed by atoms with Gasteiger partial charge in [0.1, 0.15) is 12.4 Å². The summed E-state index contributed by atoms with van der Waals surface area (Å²) in [6.07, 6.45) is 0.804. The van der Waals surface area contributed by atoms with Crippen LogP contribution in [0.2, 0.25) is 0 Å². The van der Waals surface area contributed by atoms with Crippen LogP contribution in [-0.4, -0.2) is 35.8 Å². The Morgan fingerprint density at radius 1 is 1.37 bits per heavy atom. The maximum absolute atomic E-state index is 8.87. The predicted molar refractivity (Wildman–Crippen MR) is 79.4 cm³/mol. The van der Waals surface area contributed by atoms with Crippen molar-refractivity contribution >= 4 is 11.8 Å². The standard InChI is InChI=1S/C15H20O3S/c1-12(7-9-17)19-11-13-5-6-15(18-2)14(10-13)4-3-8-16/h5-6,10,12,16-17H,7-9,11H2,1-2H3. The van der Waals surface area contributed by atoms with E-state index in [0.29, 0.717) is 5.25 Å². The number of benzene rings is 1. The van der Waals surface area contributed by atoms with Gasteiger partial charge in [0.15, 0.2) is 0 Å². The Labute approximate surface area is 119 Å². The number of aliphatic hydroxyl groups excluding tert-OH is 2. The molecular formula is C15H20O3S. The molecule has 0 aliphatic heterocycles. The number of hydrogen-bond acceptors (Lipinski definition) is 4. The average molecular weight is 280 g/mol. The first-order chi connectivity index (χ1) is 9.21. The van der Waals surface area contributed by atoms with Crippen molar-refractivity contribution in [2.75, 3.05) is 20.3 Å². The molecule has 1 rings (SSSR count). The summed E-state index contributed by atoms with van der Waals surface area (Å²) in [5, 5.41) is 18.1. The first kappa shape index (κ1) is 15.9. The van der Waals surface area contributed by atoms with Crippen molar-refractivity contribution in [3.8, 4) is 17.6 Å². The quantitative estimate of drug-likeness (QED) is 0.783. The van der Waals surface area contributed by atoms with E-state index in [1.54, 1.807) is 18.9 Å². The molecule has 0 radical (unpaired) electrons. The highest BCUT2D eigenvalue weighted by Crippen LogP contribution is 2.24. The van der Waals surface area contributed by atoms with Gasteiger partial charge in [-0.25, -0.2) is 0 Å². The molecule has 2 N–H and O–H groups in total. The van der Waals surface area contributed by atoms with Gasteiger partial charge in [-0.15, -0.1) is 0 Å². The van der Waals surface area contributed by atoms with E-state index in [-0.39, 0.29) is 13.2 Å². The highest BCUT2D eigenvalue weighted by atomic mass is 32.2. The maximum atomic E-state index is 8.87. The average Bonchev–Trinajstić information content (AvgIpc) is 2.43. The van der Waals surface area contributed by atoms with E-state index in [2.05, 4.69) is 18.8 Å². The molecular weight excluding hydrogens is 260 g/mol. The lowest BCUT2D eigenvalue weighted by Gasteiger charge is -2.10. The van der Waals surface area contributed by atoms with Gasteiger partial charge in [-0.3, -0.25) is 0 Å². The Morgan fingerprint density at radius 2 is 2.16 bits per heavy atom. The molecule has 0 amide bonds. The highest BCUT2D eigenvalue weighted by molar-refractivity contribution is 7.99. The van der Waals surface area contributed by atoms with Crippen molar-refractivity contribution < 1.29 is 14.9 Å². The number of thioether (sulfide) groups is 1. The molecule has 1 atom stereocenters. The normalized spacial score (nSPS) is 11.6. The third kappa shape index (κ3) is 5.56. The second-order valence-electron chi connectivity index (χ2n) is 4.13. The molecule has 0 aliphatic rings. The van der Waals surface area contributed by atoms with E-state index in [9.17, 15) is 0 Å². The largest absolute Gasteiger partial charge is 0.495 e. The maximum Gasteiger partial charge on any atom is 0.134 e. The zero-order valence-electron chi connectivity index (χ0n) is 11.3. The molecule has 1 aromatic rings. The van der Waals surface area contributed by atoms with Gasteiger partial charge in [0.2, 0.25) is 0 Å². The lowest BCUT2D eigenvalue weighted by atomic mass is 10.1. The van der Waals surface area contributed by atoms with E-state index >= 15 is 0 Å². The van der Waals surface area contributed by atoms with Crippen LogP contribution in [0.25, 0.3) is 0 Å². The molecule has 1 unspecified atom stereocenters. The first-order valence-electron chi connectivity index (χ1n) is 6.20. The van der Waals surface area contributed by atoms with Gasteiger partial charge in [0.25, 0.3) is 0 Å². The zero-order valence-corrected chi connectivity index (χ0v) is 12.2. The van der Waals surface area contributed by atoms with Gasteiger partial charge < -0.3 is 14.9 Å². The molecule has 0 saturated carbocycles. The van der Waals surface area contributed by atoms with Crippen molar-refractivity contribution in [3.63, 3.8) is 0 Å². The minimum absolute atomic E-state index is 0.157. The third-order valence-electron chi connectivity index (χ3n) is 2.64. The van der Waals surface area contributed by atoms with Gasteiger partial charge in [-0.1, -0.05) is 24.8 Å². The Balaban J connectivity index is 2.74. The van der Waals surface area contributed by atoms with E-state index in [1.807, 2.05) is 18.2 Å². The van der Waals surface area contributed by atoms with Crippen LogP contribution in [0.3, 0.4) is 0 Å². The summed E-state index contributed by atoms with van der Waals surface area (Å²) in [4.78, 5) is 0. The molecule has 0 bridgehead atoms. The van der Waals surface area contributed by atoms with Gasteiger partial charge >= 0.3 is 0 Å². The number of methoxy groups -OCH3 is 1. The smallest absolute Gasteiger partial charge is 0.134 e. The van der Waals surface area contributed by atoms with E-state index in [4.69, 9.17) is 14.9 Å². The van der Waals surface area contributed by atoms with Crippen molar-refractivity contribution in [1.82, 2.24) is 0 Å². The zero-order chi connectivity index (χ0) is 14.1. The predicted octanol–water partition coefficient (Wildman–Crippen LogP) is 2.04. The van der Waals surface area contributed by atoms with Gasteiger partial charge in [0.05, 0.1) is 12.7 Å². The number of ether oxygens (including phenoxy) is 1. The summed E-state index contributed by atoms with van der Waals surface area (Å²) in [6, 6.07) is 5.90. The molecule has 0 heterocycles. The van der Waals surface area contributed by atoms with Gasteiger partial charge in [-0.05, 0) is 24.1 Å². The summed E-state index contributed by atoms with van der Waals surface area (Å²) in [5.41, 5.74) is 1.96. The van der Waals surface area contributed by atoms with E-state index in [1.165, 1.54) is 0 Å². The van der Waals surface area contributed by atoms with Gasteiger partial charge in [0, 0.05) is 17.6 Å². The van der Waals surface area contributed by atoms with Crippen molar-refractivity contribution in [2.24, 2.45) is 0 Å². The SMILES string of the molecule is COc1ccc(CSC(C)CCO)cc1C#CCO. The van der Waals surface area contributed by atoms with Crippen molar-refractivity contribution in [3.05, 3.63) is 29.3 Å². The van der Waals surface area contributed by atoms with Crippen molar-refractivity contribution in [1.29, 1.82) is 0 Å². The summed E-state index contributed by atoms with van der Waals surface area (Å²) < 4.78 is 5.24. The molecule has 1 aromatic carbocycles. The van der Waals surface area contributed by atoms with Crippen LogP contribution in [0.5, 0.6) is 5.75 Å².